The maximum Gasteiger partial charge on any atom is 0.408 e. The maximum atomic E-state index is 14.5. The van der Waals surface area contributed by atoms with Crippen LogP contribution in [0.5, 0.6) is 5.75 Å². The molecule has 2 N–H and O–H groups in total. The molecule has 1 aliphatic rings. The first-order valence-corrected chi connectivity index (χ1v) is 11.8. The summed E-state index contributed by atoms with van der Waals surface area (Å²) >= 11 is 0. The third kappa shape index (κ3) is 5.09. The quantitative estimate of drug-likeness (QED) is 0.368. The summed E-state index contributed by atoms with van der Waals surface area (Å²) in [4.78, 5) is 5.93. The van der Waals surface area contributed by atoms with Gasteiger partial charge < -0.3 is 15.2 Å². The van der Waals surface area contributed by atoms with E-state index in [0.717, 1.165) is 0 Å². The molecule has 1 saturated heterocycles. The number of ether oxygens (including phenoxy) is 2. The van der Waals surface area contributed by atoms with E-state index in [1.807, 2.05) is 0 Å². The molecule has 1 fully saturated rings. The Kier molecular flexibility index (Phi) is 6.73. The molecular weight excluding hydrogens is 492 g/mol. The van der Waals surface area contributed by atoms with Crippen LogP contribution in [0.15, 0.2) is 42.6 Å². The monoisotopic (exact) mass is 518 g/mol. The van der Waals surface area contributed by atoms with E-state index in [2.05, 4.69) is 15.2 Å². The second-order valence-electron chi connectivity index (χ2n) is 9.23. The van der Waals surface area contributed by atoms with Crippen LogP contribution in [0, 0.1) is 5.82 Å². The number of rotatable bonds is 7. The van der Waals surface area contributed by atoms with Crippen LogP contribution in [-0.4, -0.2) is 69.6 Å². The van der Waals surface area contributed by atoms with Crippen LogP contribution in [0.25, 0.3) is 28.1 Å². The SMILES string of the molecule is CO[C@@H](C)COc1cc2nc(-c3nnc4ccc([C@@H](N5CC[C@H](N)C5)C(F)(F)F)cn34)ccc2cc1F. The number of benzene rings is 1. The van der Waals surface area contributed by atoms with E-state index in [0.29, 0.717) is 28.7 Å². The lowest BCUT2D eigenvalue weighted by Gasteiger charge is -2.30. The van der Waals surface area contributed by atoms with Crippen molar-refractivity contribution in [2.75, 3.05) is 26.8 Å². The standard InChI is InChI=1S/C25H26F4N6O2/c1-14(36-2)13-37-21-10-20-15(9-18(21)26)3-5-19(31-20)24-33-32-22-6-4-16(11-35(22)24)23(25(27,28)29)34-8-7-17(30)12-34/h3-6,9-11,14,17,23H,7-8,12-13,30H2,1-2H3/t14-,17-,23+/m0/s1. The number of likely N-dealkylation sites (tertiary alicyclic amines) is 1. The molecule has 4 aromatic rings. The van der Waals surface area contributed by atoms with Crippen LogP contribution in [0.1, 0.15) is 24.9 Å². The molecule has 0 aliphatic carbocycles. The number of aromatic nitrogens is 4. The van der Waals surface area contributed by atoms with Crippen LogP contribution in [-0.2, 0) is 4.74 Å². The summed E-state index contributed by atoms with van der Waals surface area (Å²) in [5, 5.41) is 8.80. The van der Waals surface area contributed by atoms with Crippen molar-refractivity contribution >= 4 is 16.6 Å². The Hall–Kier alpha value is -3.35. The van der Waals surface area contributed by atoms with E-state index in [1.165, 1.54) is 46.9 Å². The first kappa shape index (κ1) is 25.3. The summed E-state index contributed by atoms with van der Waals surface area (Å²) in [5.74, 6) is -0.258. The number of nitrogens with two attached hydrogens (primary N) is 1. The normalized spacial score (nSPS) is 18.5. The number of nitrogens with zero attached hydrogens (tertiary/aromatic N) is 5. The molecular formula is C25H26F4N6O2. The van der Waals surface area contributed by atoms with E-state index >= 15 is 0 Å². The van der Waals surface area contributed by atoms with Gasteiger partial charge in [0, 0.05) is 43.9 Å². The van der Waals surface area contributed by atoms with Crippen LogP contribution < -0.4 is 10.5 Å². The van der Waals surface area contributed by atoms with Crippen molar-refractivity contribution in [3.8, 4) is 17.3 Å². The van der Waals surface area contributed by atoms with Gasteiger partial charge >= 0.3 is 6.18 Å². The summed E-state index contributed by atoms with van der Waals surface area (Å²) in [6.07, 6.45) is -2.83. The van der Waals surface area contributed by atoms with Crippen molar-refractivity contribution in [1.29, 1.82) is 0 Å². The zero-order valence-corrected chi connectivity index (χ0v) is 20.2. The molecule has 5 rings (SSSR count). The molecule has 8 nitrogen and oxygen atoms in total. The van der Waals surface area contributed by atoms with E-state index in [-0.39, 0.29) is 49.0 Å². The van der Waals surface area contributed by atoms with Crippen LogP contribution in [0.4, 0.5) is 17.6 Å². The lowest BCUT2D eigenvalue weighted by molar-refractivity contribution is -0.183. The topological polar surface area (TPSA) is 90.8 Å². The highest BCUT2D eigenvalue weighted by molar-refractivity contribution is 5.82. The number of fused-ring (bicyclic) bond motifs is 2. The third-order valence-corrected chi connectivity index (χ3v) is 6.52. The average molecular weight is 519 g/mol. The minimum absolute atomic E-state index is 0.0197. The first-order valence-electron chi connectivity index (χ1n) is 11.8. The summed E-state index contributed by atoms with van der Waals surface area (Å²) in [5.41, 5.74) is 7.12. The van der Waals surface area contributed by atoms with Gasteiger partial charge in [0.25, 0.3) is 0 Å². The number of hydrogen-bond acceptors (Lipinski definition) is 7. The van der Waals surface area contributed by atoms with Crippen molar-refractivity contribution in [3.63, 3.8) is 0 Å². The molecule has 1 aromatic carbocycles. The molecule has 37 heavy (non-hydrogen) atoms. The minimum atomic E-state index is -4.49. The molecule has 3 aromatic heterocycles. The van der Waals surface area contributed by atoms with Gasteiger partial charge in [-0.3, -0.25) is 9.30 Å². The Morgan fingerprint density at radius 3 is 2.68 bits per heavy atom. The Balaban J connectivity index is 1.53. The number of halogens is 4. The third-order valence-electron chi connectivity index (χ3n) is 6.52. The van der Waals surface area contributed by atoms with Gasteiger partial charge in [-0.05, 0) is 37.1 Å². The molecule has 0 spiro atoms. The molecule has 1 aliphatic heterocycles. The van der Waals surface area contributed by atoms with Crippen LogP contribution in [0.3, 0.4) is 0 Å². The predicted octanol–water partition coefficient (Wildman–Crippen LogP) is 4.13. The van der Waals surface area contributed by atoms with Gasteiger partial charge in [-0.25, -0.2) is 9.37 Å². The van der Waals surface area contributed by atoms with E-state index in [9.17, 15) is 17.6 Å². The summed E-state index contributed by atoms with van der Waals surface area (Å²) < 4.78 is 69.0. The molecule has 0 unspecified atom stereocenters. The van der Waals surface area contributed by atoms with Crippen molar-refractivity contribution < 1.29 is 27.0 Å². The maximum absolute atomic E-state index is 14.5. The van der Waals surface area contributed by atoms with Crippen molar-refractivity contribution in [1.82, 2.24) is 24.5 Å². The van der Waals surface area contributed by atoms with Gasteiger partial charge in [0.2, 0.25) is 0 Å². The lowest BCUT2D eigenvalue weighted by Crippen LogP contribution is -2.38. The highest BCUT2D eigenvalue weighted by Crippen LogP contribution is 2.39. The Morgan fingerprint density at radius 2 is 1.97 bits per heavy atom. The Labute approximate surface area is 210 Å². The largest absolute Gasteiger partial charge is 0.488 e. The van der Waals surface area contributed by atoms with Gasteiger partial charge in [0.1, 0.15) is 18.3 Å². The molecule has 0 radical (unpaired) electrons. The zero-order valence-electron chi connectivity index (χ0n) is 20.2. The minimum Gasteiger partial charge on any atom is -0.488 e. The van der Waals surface area contributed by atoms with E-state index in [1.54, 1.807) is 19.1 Å². The second kappa shape index (κ2) is 9.84. The predicted molar refractivity (Wildman–Crippen MR) is 129 cm³/mol. The van der Waals surface area contributed by atoms with Crippen molar-refractivity contribution in [2.45, 2.75) is 37.7 Å². The molecule has 0 saturated carbocycles. The lowest BCUT2D eigenvalue weighted by atomic mass is 10.1. The molecule has 196 valence electrons. The Bertz CT molecular complexity index is 1430. The van der Waals surface area contributed by atoms with Gasteiger partial charge in [-0.2, -0.15) is 13.2 Å². The second-order valence-corrected chi connectivity index (χ2v) is 9.23. The van der Waals surface area contributed by atoms with Gasteiger partial charge in [-0.1, -0.05) is 12.1 Å². The van der Waals surface area contributed by atoms with Crippen LogP contribution >= 0.6 is 0 Å². The molecule has 0 amide bonds. The number of pyridine rings is 2. The van der Waals surface area contributed by atoms with Crippen molar-refractivity contribution in [3.05, 3.63) is 54.0 Å². The molecule has 4 heterocycles. The highest BCUT2D eigenvalue weighted by atomic mass is 19.4. The fourth-order valence-corrected chi connectivity index (χ4v) is 4.53. The van der Waals surface area contributed by atoms with Gasteiger partial charge in [0.15, 0.2) is 23.0 Å². The van der Waals surface area contributed by atoms with Crippen molar-refractivity contribution in [2.24, 2.45) is 5.73 Å². The average Bonchev–Trinajstić information content (AvgIpc) is 3.47. The number of alkyl halides is 3. The fourth-order valence-electron chi connectivity index (χ4n) is 4.53. The van der Waals surface area contributed by atoms with E-state index < -0.39 is 18.0 Å². The first-order chi connectivity index (χ1) is 17.6. The number of hydrogen-bond donors (Lipinski definition) is 1. The van der Waals surface area contributed by atoms with Gasteiger partial charge in [-0.15, -0.1) is 10.2 Å². The molecule has 12 heteroatoms. The number of methoxy groups -OCH3 is 1. The summed E-state index contributed by atoms with van der Waals surface area (Å²) in [7, 11) is 1.53. The van der Waals surface area contributed by atoms with E-state index in [4.69, 9.17) is 15.2 Å². The van der Waals surface area contributed by atoms with Crippen LogP contribution in [0.2, 0.25) is 0 Å². The van der Waals surface area contributed by atoms with Gasteiger partial charge in [0.05, 0.1) is 11.6 Å². The Morgan fingerprint density at radius 1 is 1.16 bits per heavy atom. The zero-order chi connectivity index (χ0) is 26.3. The molecule has 0 bridgehead atoms. The summed E-state index contributed by atoms with van der Waals surface area (Å²) in [6.45, 7) is 2.36. The summed E-state index contributed by atoms with van der Waals surface area (Å²) in [6, 6.07) is 6.89. The molecule has 3 atom stereocenters. The smallest absolute Gasteiger partial charge is 0.408 e. The fraction of sp³-hybridized carbons (Fsp3) is 0.400. The highest BCUT2D eigenvalue weighted by Gasteiger charge is 2.46.